The van der Waals surface area contributed by atoms with Gasteiger partial charge in [0.1, 0.15) is 11.8 Å². The number of carbonyl (C=O) groups excluding carboxylic acids is 1. The van der Waals surface area contributed by atoms with E-state index in [0.29, 0.717) is 12.8 Å². The number of rotatable bonds is 5. The van der Waals surface area contributed by atoms with Crippen molar-refractivity contribution in [2.75, 3.05) is 11.9 Å². The van der Waals surface area contributed by atoms with Crippen molar-refractivity contribution in [1.82, 2.24) is 4.98 Å². The molecule has 0 aliphatic heterocycles. The fourth-order valence-electron chi connectivity index (χ4n) is 1.76. The van der Waals surface area contributed by atoms with Gasteiger partial charge in [-0.2, -0.15) is 4.98 Å². The van der Waals surface area contributed by atoms with Gasteiger partial charge >= 0.3 is 11.9 Å². The average Bonchev–Trinajstić information content (AvgIpc) is 2.71. The summed E-state index contributed by atoms with van der Waals surface area (Å²) in [5, 5.41) is 11.8. The van der Waals surface area contributed by atoms with E-state index < -0.39 is 17.5 Å². The third kappa shape index (κ3) is 2.15. The molecule has 98 valence electrons. The molecule has 0 bridgehead atoms. The van der Waals surface area contributed by atoms with Crippen LogP contribution in [0.25, 0.3) is 0 Å². The second kappa shape index (κ2) is 4.67. The van der Waals surface area contributed by atoms with Gasteiger partial charge in [0.2, 0.25) is 0 Å². The Morgan fingerprint density at radius 2 is 2.33 bits per heavy atom. The van der Waals surface area contributed by atoms with Crippen LogP contribution in [0.15, 0.2) is 10.7 Å². The first-order valence-electron chi connectivity index (χ1n) is 5.71. The third-order valence-corrected chi connectivity index (χ3v) is 2.95. The summed E-state index contributed by atoms with van der Waals surface area (Å²) in [6.45, 7) is 1.93. The van der Waals surface area contributed by atoms with Crippen molar-refractivity contribution in [2.24, 2.45) is 0 Å². The third-order valence-electron chi connectivity index (χ3n) is 2.95. The van der Waals surface area contributed by atoms with E-state index in [2.05, 4.69) is 10.3 Å². The Kier molecular flexibility index (Phi) is 3.22. The summed E-state index contributed by atoms with van der Waals surface area (Å²) in [5.74, 6) is -1.53. The molecule has 1 aromatic heterocycles. The number of hydrogen-bond acceptors (Lipinski definition) is 6. The lowest BCUT2D eigenvalue weighted by atomic mass is 9.77. The van der Waals surface area contributed by atoms with Crippen LogP contribution in [-0.2, 0) is 9.53 Å². The molecular weight excluding hydrogens is 240 g/mol. The van der Waals surface area contributed by atoms with Crippen LogP contribution in [-0.4, -0.2) is 34.2 Å². The highest BCUT2D eigenvalue weighted by molar-refractivity contribution is 5.87. The van der Waals surface area contributed by atoms with Crippen LogP contribution < -0.4 is 5.32 Å². The van der Waals surface area contributed by atoms with Gasteiger partial charge in [-0.15, -0.1) is 0 Å². The first-order valence-corrected chi connectivity index (χ1v) is 5.71. The SMILES string of the molecule is CCOC(=O)c1coc(NC2(C(=O)O)CCC2)n1. The number of esters is 1. The minimum absolute atomic E-state index is 0.0270. The number of carboxylic acid groups (broad SMARTS) is 1. The molecule has 1 saturated carbocycles. The van der Waals surface area contributed by atoms with Gasteiger partial charge in [0.25, 0.3) is 6.01 Å². The number of nitrogens with zero attached hydrogens (tertiary/aromatic N) is 1. The summed E-state index contributed by atoms with van der Waals surface area (Å²) in [5.41, 5.74) is -0.990. The van der Waals surface area contributed by atoms with Crippen LogP contribution in [0.3, 0.4) is 0 Å². The van der Waals surface area contributed by atoms with Gasteiger partial charge in [-0.25, -0.2) is 9.59 Å². The van der Waals surface area contributed by atoms with E-state index in [9.17, 15) is 9.59 Å². The van der Waals surface area contributed by atoms with Crippen molar-refractivity contribution in [2.45, 2.75) is 31.7 Å². The molecule has 1 heterocycles. The van der Waals surface area contributed by atoms with Crippen molar-refractivity contribution >= 4 is 18.0 Å². The fourth-order valence-corrected chi connectivity index (χ4v) is 1.76. The summed E-state index contributed by atoms with van der Waals surface area (Å²) in [7, 11) is 0. The highest BCUT2D eigenvalue weighted by atomic mass is 16.5. The predicted molar refractivity (Wildman–Crippen MR) is 60.3 cm³/mol. The molecule has 2 N–H and O–H groups in total. The highest BCUT2D eigenvalue weighted by Gasteiger charge is 2.45. The minimum Gasteiger partial charge on any atom is -0.480 e. The zero-order valence-electron chi connectivity index (χ0n) is 9.93. The first-order chi connectivity index (χ1) is 8.57. The molecule has 0 spiro atoms. The number of nitrogens with one attached hydrogen (secondary N) is 1. The lowest BCUT2D eigenvalue weighted by molar-refractivity contribution is -0.145. The number of carboxylic acids is 1. The lowest BCUT2D eigenvalue weighted by Gasteiger charge is -2.37. The Balaban J connectivity index is 2.06. The van der Waals surface area contributed by atoms with Crippen molar-refractivity contribution in [3.63, 3.8) is 0 Å². The van der Waals surface area contributed by atoms with Crippen LogP contribution in [0.2, 0.25) is 0 Å². The van der Waals surface area contributed by atoms with E-state index in [1.54, 1.807) is 6.92 Å². The molecule has 0 unspecified atom stereocenters. The number of aromatic nitrogens is 1. The highest BCUT2D eigenvalue weighted by Crippen LogP contribution is 2.35. The molecule has 0 saturated heterocycles. The minimum atomic E-state index is -1.02. The zero-order chi connectivity index (χ0) is 13.2. The number of ether oxygens (including phenoxy) is 1. The predicted octanol–water partition coefficient (Wildman–Crippen LogP) is 1.27. The van der Waals surface area contributed by atoms with Crippen LogP contribution in [0.5, 0.6) is 0 Å². The summed E-state index contributed by atoms with van der Waals surface area (Å²) in [4.78, 5) is 26.3. The topological polar surface area (TPSA) is 102 Å². The maximum absolute atomic E-state index is 11.4. The molecule has 0 aromatic carbocycles. The molecule has 7 nitrogen and oxygen atoms in total. The number of anilines is 1. The number of hydrogen-bond donors (Lipinski definition) is 2. The Bertz CT molecular complexity index is 464. The maximum Gasteiger partial charge on any atom is 0.360 e. The van der Waals surface area contributed by atoms with Crippen molar-refractivity contribution in [3.05, 3.63) is 12.0 Å². The molecule has 1 aliphatic rings. The summed E-state index contributed by atoms with van der Waals surface area (Å²) >= 11 is 0. The number of aliphatic carboxylic acids is 1. The van der Waals surface area contributed by atoms with Gasteiger partial charge in [0.05, 0.1) is 6.61 Å². The largest absolute Gasteiger partial charge is 0.480 e. The van der Waals surface area contributed by atoms with E-state index >= 15 is 0 Å². The summed E-state index contributed by atoms with van der Waals surface area (Å²) in [6.07, 6.45) is 3.01. The second-order valence-electron chi connectivity index (χ2n) is 4.12. The van der Waals surface area contributed by atoms with Crippen LogP contribution in [0.4, 0.5) is 6.01 Å². The molecule has 1 fully saturated rings. The molecule has 0 amide bonds. The van der Waals surface area contributed by atoms with Gasteiger partial charge in [-0.1, -0.05) is 0 Å². The van der Waals surface area contributed by atoms with Gasteiger partial charge in [0, 0.05) is 0 Å². The van der Waals surface area contributed by atoms with Crippen LogP contribution >= 0.6 is 0 Å². The van der Waals surface area contributed by atoms with Crippen LogP contribution in [0, 0.1) is 0 Å². The zero-order valence-corrected chi connectivity index (χ0v) is 9.93. The van der Waals surface area contributed by atoms with Gasteiger partial charge in [-0.05, 0) is 26.2 Å². The molecule has 18 heavy (non-hydrogen) atoms. The average molecular weight is 254 g/mol. The van der Waals surface area contributed by atoms with Crippen molar-refractivity contribution in [1.29, 1.82) is 0 Å². The molecule has 2 rings (SSSR count). The van der Waals surface area contributed by atoms with Gasteiger partial charge in [-0.3, -0.25) is 0 Å². The van der Waals surface area contributed by atoms with Crippen molar-refractivity contribution < 1.29 is 23.8 Å². The van der Waals surface area contributed by atoms with Crippen molar-refractivity contribution in [3.8, 4) is 0 Å². The fraction of sp³-hybridized carbons (Fsp3) is 0.545. The molecule has 1 aliphatic carbocycles. The Hall–Kier alpha value is -2.05. The van der Waals surface area contributed by atoms with E-state index in [4.69, 9.17) is 14.3 Å². The molecule has 1 aromatic rings. The van der Waals surface area contributed by atoms with Gasteiger partial charge in [0.15, 0.2) is 5.69 Å². The van der Waals surface area contributed by atoms with E-state index in [-0.39, 0.29) is 18.3 Å². The number of carbonyl (C=O) groups is 2. The summed E-state index contributed by atoms with van der Waals surface area (Å²) in [6, 6.07) is 0.0279. The first kappa shape index (κ1) is 12.4. The molecule has 0 radical (unpaired) electrons. The second-order valence-corrected chi connectivity index (χ2v) is 4.12. The molecular formula is C11H14N2O5. The Morgan fingerprint density at radius 1 is 1.61 bits per heavy atom. The molecule has 0 atom stereocenters. The standard InChI is InChI=1S/C11H14N2O5/c1-2-17-8(14)7-6-18-10(12-7)13-11(9(15)16)4-3-5-11/h6H,2-5H2,1H3,(H,12,13)(H,15,16). The monoisotopic (exact) mass is 254 g/mol. The normalized spacial score (nSPS) is 16.7. The molecule has 7 heteroatoms. The quantitative estimate of drug-likeness (QED) is 0.763. The maximum atomic E-state index is 11.4. The van der Waals surface area contributed by atoms with E-state index in [1.807, 2.05) is 0 Å². The Morgan fingerprint density at radius 3 is 2.83 bits per heavy atom. The van der Waals surface area contributed by atoms with Gasteiger partial charge < -0.3 is 19.6 Å². The lowest BCUT2D eigenvalue weighted by Crippen LogP contribution is -2.52. The Labute approximate surface area is 103 Å². The summed E-state index contributed by atoms with van der Waals surface area (Å²) < 4.78 is 9.78. The number of oxazole rings is 1. The smallest absolute Gasteiger partial charge is 0.360 e. The van der Waals surface area contributed by atoms with Crippen LogP contribution in [0.1, 0.15) is 36.7 Å². The van der Waals surface area contributed by atoms with E-state index in [0.717, 1.165) is 12.7 Å². The van der Waals surface area contributed by atoms with E-state index in [1.165, 1.54) is 0 Å².